The van der Waals surface area contributed by atoms with Crippen molar-refractivity contribution in [3.05, 3.63) is 95.3 Å². The molecule has 3 aromatic carbocycles. The van der Waals surface area contributed by atoms with Crippen LogP contribution >= 0.6 is 11.6 Å². The first-order valence-corrected chi connectivity index (χ1v) is 10.3. The molecule has 0 saturated heterocycles. The van der Waals surface area contributed by atoms with Crippen LogP contribution in [0.25, 0.3) is 11.0 Å². The highest BCUT2D eigenvalue weighted by atomic mass is 35.5. The van der Waals surface area contributed by atoms with Gasteiger partial charge in [0.25, 0.3) is 0 Å². The van der Waals surface area contributed by atoms with Crippen LogP contribution in [0.1, 0.15) is 30.8 Å². The van der Waals surface area contributed by atoms with Crippen LogP contribution in [0.15, 0.2) is 78.9 Å². The minimum atomic E-state index is -0.252. The number of hydrogen-bond acceptors (Lipinski definition) is 2. The zero-order valence-electron chi connectivity index (χ0n) is 16.7. The fraction of sp³-hybridized carbons (Fsp3) is 0.167. The van der Waals surface area contributed by atoms with Gasteiger partial charge in [0, 0.05) is 17.3 Å². The summed E-state index contributed by atoms with van der Waals surface area (Å²) in [7, 11) is 0. The Morgan fingerprint density at radius 1 is 1.00 bits per heavy atom. The van der Waals surface area contributed by atoms with Crippen LogP contribution in [0.3, 0.4) is 0 Å². The van der Waals surface area contributed by atoms with Gasteiger partial charge in [-0.3, -0.25) is 0 Å². The molecule has 0 saturated carbocycles. The van der Waals surface area contributed by atoms with Crippen molar-refractivity contribution in [2.75, 3.05) is 5.32 Å². The molecule has 0 aliphatic rings. The standard InChI is InChI=1S/C24H23ClN4O/c1-2-20(28-24(30)26-19-8-4-3-5-9-19)23-27-21-10-6-7-11-22(21)29(23)16-17-12-14-18(25)15-13-17/h3-15,20H,2,16H2,1H3,(H2,26,28,30). The minimum Gasteiger partial charge on any atom is -0.328 e. The lowest BCUT2D eigenvalue weighted by molar-refractivity contribution is 0.247. The summed E-state index contributed by atoms with van der Waals surface area (Å²) in [6.07, 6.45) is 0.714. The van der Waals surface area contributed by atoms with Gasteiger partial charge in [0.15, 0.2) is 0 Å². The number of rotatable bonds is 6. The molecule has 1 unspecified atom stereocenters. The van der Waals surface area contributed by atoms with Gasteiger partial charge in [0.05, 0.1) is 17.1 Å². The van der Waals surface area contributed by atoms with Gasteiger partial charge in [-0.2, -0.15) is 0 Å². The molecule has 4 rings (SSSR count). The molecule has 6 heteroatoms. The van der Waals surface area contributed by atoms with Crippen LogP contribution in [0.2, 0.25) is 5.02 Å². The van der Waals surface area contributed by atoms with E-state index in [9.17, 15) is 4.79 Å². The summed E-state index contributed by atoms with van der Waals surface area (Å²) >= 11 is 6.04. The topological polar surface area (TPSA) is 59.0 Å². The molecule has 0 aliphatic heterocycles. The number of nitrogens with one attached hydrogen (secondary N) is 2. The van der Waals surface area contributed by atoms with E-state index in [0.29, 0.717) is 18.0 Å². The Bertz CT molecular complexity index is 1140. The largest absolute Gasteiger partial charge is 0.328 e. The molecule has 0 fully saturated rings. The number of fused-ring (bicyclic) bond motifs is 1. The first-order chi connectivity index (χ1) is 14.6. The molecule has 1 aromatic heterocycles. The van der Waals surface area contributed by atoms with Gasteiger partial charge in [-0.1, -0.05) is 61.0 Å². The number of carbonyl (C=O) groups excluding carboxylic acids is 1. The highest BCUT2D eigenvalue weighted by Gasteiger charge is 2.21. The summed E-state index contributed by atoms with van der Waals surface area (Å²) in [4.78, 5) is 17.5. The van der Waals surface area contributed by atoms with Crippen LogP contribution in [0.5, 0.6) is 0 Å². The summed E-state index contributed by atoms with van der Waals surface area (Å²) in [5, 5.41) is 6.67. The third kappa shape index (κ3) is 4.47. The fourth-order valence-electron chi connectivity index (χ4n) is 3.49. The zero-order valence-corrected chi connectivity index (χ0v) is 17.4. The molecule has 0 spiro atoms. The van der Waals surface area contributed by atoms with Crippen LogP contribution < -0.4 is 10.6 Å². The molecule has 1 atom stereocenters. The summed E-state index contributed by atoms with van der Waals surface area (Å²) in [5.41, 5.74) is 3.81. The number of benzene rings is 3. The molecule has 4 aromatic rings. The van der Waals surface area contributed by atoms with Crippen LogP contribution in [-0.4, -0.2) is 15.6 Å². The van der Waals surface area contributed by atoms with E-state index in [1.165, 1.54) is 0 Å². The Hall–Kier alpha value is -3.31. The Labute approximate surface area is 180 Å². The van der Waals surface area contributed by atoms with Crippen molar-refractivity contribution < 1.29 is 4.79 Å². The van der Waals surface area contributed by atoms with Crippen molar-refractivity contribution in [2.45, 2.75) is 25.9 Å². The molecular weight excluding hydrogens is 396 g/mol. The zero-order chi connectivity index (χ0) is 20.9. The Morgan fingerprint density at radius 2 is 1.70 bits per heavy atom. The van der Waals surface area contributed by atoms with E-state index in [2.05, 4.69) is 21.3 Å². The van der Waals surface area contributed by atoms with Gasteiger partial charge in [0.2, 0.25) is 0 Å². The molecule has 152 valence electrons. The van der Waals surface area contributed by atoms with Crippen molar-refractivity contribution in [3.8, 4) is 0 Å². The molecule has 2 amide bonds. The Kier molecular flexibility index (Phi) is 6.00. The maximum Gasteiger partial charge on any atom is 0.319 e. The fourth-order valence-corrected chi connectivity index (χ4v) is 3.62. The summed E-state index contributed by atoms with van der Waals surface area (Å²) in [5.74, 6) is 0.830. The number of para-hydroxylation sites is 3. The van der Waals surface area contributed by atoms with Gasteiger partial charge >= 0.3 is 6.03 Å². The van der Waals surface area contributed by atoms with E-state index < -0.39 is 0 Å². The molecular formula is C24H23ClN4O. The lowest BCUT2D eigenvalue weighted by Crippen LogP contribution is -2.33. The van der Waals surface area contributed by atoms with Crippen molar-refractivity contribution in [2.24, 2.45) is 0 Å². The van der Waals surface area contributed by atoms with Crippen molar-refractivity contribution in [1.29, 1.82) is 0 Å². The Balaban J connectivity index is 1.63. The number of halogens is 1. The maximum absolute atomic E-state index is 12.6. The van der Waals surface area contributed by atoms with E-state index in [4.69, 9.17) is 16.6 Å². The van der Waals surface area contributed by atoms with E-state index >= 15 is 0 Å². The van der Waals surface area contributed by atoms with Crippen LogP contribution in [0, 0.1) is 0 Å². The van der Waals surface area contributed by atoms with Gasteiger partial charge in [-0.05, 0) is 48.4 Å². The van der Waals surface area contributed by atoms with Gasteiger partial charge in [0.1, 0.15) is 5.82 Å². The SMILES string of the molecule is CCC(NC(=O)Nc1ccccc1)c1nc2ccccc2n1Cc1ccc(Cl)cc1. The molecule has 30 heavy (non-hydrogen) atoms. The normalized spacial score (nSPS) is 11.9. The van der Waals surface area contributed by atoms with E-state index in [1.807, 2.05) is 79.7 Å². The van der Waals surface area contributed by atoms with E-state index in [1.54, 1.807) is 0 Å². The Morgan fingerprint density at radius 3 is 2.43 bits per heavy atom. The number of carbonyl (C=O) groups is 1. The third-order valence-electron chi connectivity index (χ3n) is 4.99. The molecule has 0 radical (unpaired) electrons. The monoisotopic (exact) mass is 418 g/mol. The number of amides is 2. The smallest absolute Gasteiger partial charge is 0.319 e. The first-order valence-electron chi connectivity index (χ1n) is 9.96. The van der Waals surface area contributed by atoms with Gasteiger partial charge in [-0.25, -0.2) is 9.78 Å². The average molecular weight is 419 g/mol. The van der Waals surface area contributed by atoms with Crippen molar-refractivity contribution in [3.63, 3.8) is 0 Å². The summed E-state index contributed by atoms with van der Waals surface area (Å²) in [6, 6.07) is 24.7. The molecule has 0 bridgehead atoms. The van der Waals surface area contributed by atoms with Crippen LogP contribution in [-0.2, 0) is 6.54 Å². The van der Waals surface area contributed by atoms with Crippen molar-refractivity contribution in [1.82, 2.24) is 14.9 Å². The maximum atomic E-state index is 12.6. The third-order valence-corrected chi connectivity index (χ3v) is 5.25. The van der Waals surface area contributed by atoms with Crippen molar-refractivity contribution >= 4 is 34.4 Å². The average Bonchev–Trinajstić information content (AvgIpc) is 3.12. The molecule has 5 nitrogen and oxygen atoms in total. The van der Waals surface area contributed by atoms with Gasteiger partial charge < -0.3 is 15.2 Å². The van der Waals surface area contributed by atoms with E-state index in [0.717, 1.165) is 28.1 Å². The predicted molar refractivity (Wildman–Crippen MR) is 122 cm³/mol. The molecule has 1 heterocycles. The molecule has 0 aliphatic carbocycles. The number of nitrogens with zero attached hydrogens (tertiary/aromatic N) is 2. The number of anilines is 1. The second-order valence-electron chi connectivity index (χ2n) is 7.10. The van der Waals surface area contributed by atoms with E-state index in [-0.39, 0.29) is 12.1 Å². The number of imidazole rings is 1. The number of hydrogen-bond donors (Lipinski definition) is 2. The minimum absolute atomic E-state index is 0.228. The highest BCUT2D eigenvalue weighted by molar-refractivity contribution is 6.30. The van der Waals surface area contributed by atoms with Crippen LogP contribution in [0.4, 0.5) is 10.5 Å². The summed E-state index contributed by atoms with van der Waals surface area (Å²) < 4.78 is 2.16. The lowest BCUT2D eigenvalue weighted by atomic mass is 10.2. The lowest BCUT2D eigenvalue weighted by Gasteiger charge is -2.19. The van der Waals surface area contributed by atoms with Gasteiger partial charge in [-0.15, -0.1) is 0 Å². The quantitative estimate of drug-likeness (QED) is 0.402. The number of aromatic nitrogens is 2. The second-order valence-corrected chi connectivity index (χ2v) is 7.53. The highest BCUT2D eigenvalue weighted by Crippen LogP contribution is 2.25. The predicted octanol–water partition coefficient (Wildman–Crippen LogP) is 6.01. The summed E-state index contributed by atoms with van der Waals surface area (Å²) in [6.45, 7) is 2.69. The first kappa shape index (κ1) is 20.0. The molecule has 2 N–H and O–H groups in total. The number of urea groups is 1. The second kappa shape index (κ2) is 9.01.